The number of hydrogen-bond donors (Lipinski definition) is 1. The summed E-state index contributed by atoms with van der Waals surface area (Å²) in [6.07, 6.45) is 5.05. The Bertz CT molecular complexity index is 910. The van der Waals surface area contributed by atoms with Crippen LogP contribution in [0.1, 0.15) is 17.3 Å². The van der Waals surface area contributed by atoms with Crippen molar-refractivity contribution >= 4 is 11.8 Å². The van der Waals surface area contributed by atoms with Gasteiger partial charge in [0.1, 0.15) is 5.82 Å². The number of aliphatic carboxylic acids is 1. The van der Waals surface area contributed by atoms with Gasteiger partial charge in [-0.2, -0.15) is 4.98 Å². The molecule has 2 atom stereocenters. The Labute approximate surface area is 149 Å². The Morgan fingerprint density at radius 1 is 1.23 bits per heavy atom. The normalized spacial score (nSPS) is 19.7. The van der Waals surface area contributed by atoms with Gasteiger partial charge in [-0.3, -0.25) is 9.78 Å². The van der Waals surface area contributed by atoms with E-state index in [1.807, 2.05) is 29.2 Å². The van der Waals surface area contributed by atoms with Crippen LogP contribution in [-0.4, -0.2) is 44.3 Å². The van der Waals surface area contributed by atoms with Crippen molar-refractivity contribution in [2.75, 3.05) is 18.0 Å². The lowest BCUT2D eigenvalue weighted by molar-refractivity contribution is -0.141. The average molecular weight is 351 g/mol. The van der Waals surface area contributed by atoms with Crippen molar-refractivity contribution < 1.29 is 14.4 Å². The molecule has 0 aromatic carbocycles. The minimum atomic E-state index is -0.799. The zero-order valence-corrected chi connectivity index (χ0v) is 14.1. The lowest BCUT2D eigenvalue weighted by atomic mass is 9.90. The third-order valence-corrected chi connectivity index (χ3v) is 4.62. The minimum Gasteiger partial charge on any atom is -0.481 e. The van der Waals surface area contributed by atoms with Crippen LogP contribution < -0.4 is 4.90 Å². The fraction of sp³-hybridized carbons (Fsp3) is 0.278. The van der Waals surface area contributed by atoms with Gasteiger partial charge in [0.05, 0.1) is 11.5 Å². The van der Waals surface area contributed by atoms with Crippen LogP contribution in [0.15, 0.2) is 47.4 Å². The molecule has 0 aliphatic carbocycles. The molecule has 1 aliphatic heterocycles. The molecule has 0 unspecified atom stereocenters. The first-order valence-electron chi connectivity index (χ1n) is 8.26. The molecule has 132 valence electrons. The predicted octanol–water partition coefficient (Wildman–Crippen LogP) is 2.14. The molecule has 3 aromatic rings. The number of anilines is 1. The summed E-state index contributed by atoms with van der Waals surface area (Å²) in [5.41, 5.74) is 1.71. The van der Waals surface area contributed by atoms with E-state index in [2.05, 4.69) is 20.1 Å². The first-order valence-corrected chi connectivity index (χ1v) is 8.26. The number of carboxylic acid groups (broad SMARTS) is 1. The van der Waals surface area contributed by atoms with E-state index in [9.17, 15) is 9.90 Å². The zero-order valence-electron chi connectivity index (χ0n) is 14.1. The number of hydrogen-bond acceptors (Lipinski definition) is 7. The van der Waals surface area contributed by atoms with Crippen molar-refractivity contribution in [1.82, 2.24) is 20.1 Å². The number of aryl methyl sites for hydroxylation is 1. The van der Waals surface area contributed by atoms with Crippen molar-refractivity contribution in [2.45, 2.75) is 12.8 Å². The van der Waals surface area contributed by atoms with E-state index in [1.165, 1.54) is 0 Å². The van der Waals surface area contributed by atoms with Crippen LogP contribution >= 0.6 is 0 Å². The van der Waals surface area contributed by atoms with E-state index < -0.39 is 11.9 Å². The van der Waals surface area contributed by atoms with Gasteiger partial charge in [-0.1, -0.05) is 5.16 Å². The number of carboxylic acids is 1. The molecule has 4 heterocycles. The molecular weight excluding hydrogens is 334 g/mol. The molecule has 8 nitrogen and oxygen atoms in total. The van der Waals surface area contributed by atoms with Crippen LogP contribution in [-0.2, 0) is 4.79 Å². The highest BCUT2D eigenvalue weighted by Gasteiger charge is 2.39. The van der Waals surface area contributed by atoms with E-state index in [1.54, 1.807) is 25.5 Å². The van der Waals surface area contributed by atoms with Gasteiger partial charge in [0.2, 0.25) is 0 Å². The van der Waals surface area contributed by atoms with Crippen molar-refractivity contribution in [3.05, 3.63) is 54.2 Å². The van der Waals surface area contributed by atoms with E-state index in [-0.39, 0.29) is 5.92 Å². The smallest absolute Gasteiger partial charge is 0.308 e. The summed E-state index contributed by atoms with van der Waals surface area (Å²) in [6.45, 7) is 2.76. The van der Waals surface area contributed by atoms with Crippen molar-refractivity contribution in [3.8, 4) is 11.5 Å². The number of rotatable bonds is 4. The number of pyridine rings is 2. The van der Waals surface area contributed by atoms with Crippen LogP contribution in [0.5, 0.6) is 0 Å². The Morgan fingerprint density at radius 2 is 2.04 bits per heavy atom. The maximum absolute atomic E-state index is 11.7. The first-order chi connectivity index (χ1) is 12.6. The van der Waals surface area contributed by atoms with E-state index in [0.717, 1.165) is 16.9 Å². The largest absolute Gasteiger partial charge is 0.481 e. The fourth-order valence-corrected chi connectivity index (χ4v) is 3.30. The SMILES string of the molecule is Cc1noc(-c2ccc(N3C[C@H](C(=O)O)[C@@H](c4ccncc4)C3)nc2)n1. The van der Waals surface area contributed by atoms with Crippen LogP contribution in [0.2, 0.25) is 0 Å². The molecule has 1 saturated heterocycles. The summed E-state index contributed by atoms with van der Waals surface area (Å²) in [7, 11) is 0. The zero-order chi connectivity index (χ0) is 18.1. The molecule has 4 rings (SSSR count). The van der Waals surface area contributed by atoms with Gasteiger partial charge in [-0.25, -0.2) is 4.98 Å². The van der Waals surface area contributed by atoms with Gasteiger partial charge < -0.3 is 14.5 Å². The minimum absolute atomic E-state index is 0.101. The summed E-state index contributed by atoms with van der Waals surface area (Å²) >= 11 is 0. The Hall–Kier alpha value is -3.29. The summed E-state index contributed by atoms with van der Waals surface area (Å²) in [4.78, 5) is 26.4. The summed E-state index contributed by atoms with van der Waals surface area (Å²) in [5.74, 6) is 0.322. The Balaban J connectivity index is 1.57. The molecule has 0 amide bonds. The predicted molar refractivity (Wildman–Crippen MR) is 92.6 cm³/mol. The molecule has 0 spiro atoms. The maximum atomic E-state index is 11.7. The Kier molecular flexibility index (Phi) is 4.08. The molecule has 26 heavy (non-hydrogen) atoms. The second kappa shape index (κ2) is 6.55. The molecule has 0 radical (unpaired) electrons. The van der Waals surface area contributed by atoms with E-state index >= 15 is 0 Å². The van der Waals surface area contributed by atoms with Gasteiger partial charge in [-0.15, -0.1) is 0 Å². The first kappa shape index (κ1) is 16.2. The van der Waals surface area contributed by atoms with Crippen molar-refractivity contribution in [3.63, 3.8) is 0 Å². The summed E-state index contributed by atoms with van der Waals surface area (Å²) in [6, 6.07) is 7.45. The third kappa shape index (κ3) is 3.01. The summed E-state index contributed by atoms with van der Waals surface area (Å²) in [5, 5.41) is 13.4. The van der Waals surface area contributed by atoms with Gasteiger partial charge in [0, 0.05) is 37.6 Å². The van der Waals surface area contributed by atoms with Gasteiger partial charge >= 0.3 is 5.97 Å². The highest BCUT2D eigenvalue weighted by molar-refractivity contribution is 5.74. The van der Waals surface area contributed by atoms with Gasteiger partial charge in [0.25, 0.3) is 5.89 Å². The standard InChI is InChI=1S/C18H17N5O3/c1-11-21-17(26-22-11)13-2-3-16(20-8-13)23-9-14(15(10-23)18(24)25)12-4-6-19-7-5-12/h2-8,14-15H,9-10H2,1H3,(H,24,25)/t14-,15+/m1/s1. The number of aromatic nitrogens is 4. The number of carbonyl (C=O) groups is 1. The lowest BCUT2D eigenvalue weighted by Crippen LogP contribution is -2.23. The van der Waals surface area contributed by atoms with Gasteiger partial charge in [0.15, 0.2) is 5.82 Å². The quantitative estimate of drug-likeness (QED) is 0.762. The van der Waals surface area contributed by atoms with Crippen molar-refractivity contribution in [1.29, 1.82) is 0 Å². The van der Waals surface area contributed by atoms with Crippen LogP contribution in [0.25, 0.3) is 11.5 Å². The van der Waals surface area contributed by atoms with Crippen LogP contribution in [0.4, 0.5) is 5.82 Å². The van der Waals surface area contributed by atoms with Crippen molar-refractivity contribution in [2.24, 2.45) is 5.92 Å². The van der Waals surface area contributed by atoms with Crippen LogP contribution in [0, 0.1) is 12.8 Å². The summed E-state index contributed by atoms with van der Waals surface area (Å²) < 4.78 is 5.14. The molecule has 0 saturated carbocycles. The highest BCUT2D eigenvalue weighted by atomic mass is 16.5. The Morgan fingerprint density at radius 3 is 2.65 bits per heavy atom. The average Bonchev–Trinajstić information content (AvgIpc) is 3.29. The topological polar surface area (TPSA) is 105 Å². The van der Waals surface area contributed by atoms with Crippen LogP contribution in [0.3, 0.4) is 0 Å². The second-order valence-electron chi connectivity index (χ2n) is 6.29. The maximum Gasteiger partial charge on any atom is 0.308 e. The van der Waals surface area contributed by atoms with E-state index in [0.29, 0.717) is 24.8 Å². The monoisotopic (exact) mass is 351 g/mol. The molecule has 1 aliphatic rings. The highest BCUT2D eigenvalue weighted by Crippen LogP contribution is 2.35. The number of nitrogens with zero attached hydrogens (tertiary/aromatic N) is 5. The second-order valence-corrected chi connectivity index (χ2v) is 6.29. The van der Waals surface area contributed by atoms with Gasteiger partial charge in [-0.05, 0) is 36.8 Å². The lowest BCUT2D eigenvalue weighted by Gasteiger charge is -2.17. The third-order valence-electron chi connectivity index (χ3n) is 4.62. The van der Waals surface area contributed by atoms with E-state index in [4.69, 9.17) is 4.52 Å². The molecule has 3 aromatic heterocycles. The molecule has 8 heteroatoms. The molecule has 1 N–H and O–H groups in total. The molecular formula is C18H17N5O3. The fourth-order valence-electron chi connectivity index (χ4n) is 3.30. The molecule has 0 bridgehead atoms. The molecule has 1 fully saturated rings.